The Balaban J connectivity index is 1.74. The number of likely N-dealkylation sites (N-methyl/N-ethyl adjacent to an activating group) is 1. The summed E-state index contributed by atoms with van der Waals surface area (Å²) in [7, 11) is 2.06. The van der Waals surface area contributed by atoms with Crippen LogP contribution in [0.1, 0.15) is 30.3 Å². The molecule has 0 radical (unpaired) electrons. The van der Waals surface area contributed by atoms with Gasteiger partial charge < -0.3 is 18.6 Å². The number of ether oxygens (including phenoxy) is 1. The summed E-state index contributed by atoms with van der Waals surface area (Å²) in [4.78, 5) is 6.54. The van der Waals surface area contributed by atoms with Gasteiger partial charge in [0.25, 0.3) is 5.71 Å². The number of nitrogens with zero attached hydrogens (tertiary/aromatic N) is 5. The molecule has 4 heterocycles. The maximum Gasteiger partial charge on any atom is 0.258 e. The van der Waals surface area contributed by atoms with Crippen LogP contribution in [0.15, 0.2) is 15.0 Å². The Hall–Kier alpha value is -2.32. The van der Waals surface area contributed by atoms with E-state index in [-0.39, 0.29) is 12.2 Å². The van der Waals surface area contributed by atoms with E-state index in [1.165, 1.54) is 0 Å². The summed E-state index contributed by atoms with van der Waals surface area (Å²) in [5, 5.41) is 13.2. The van der Waals surface area contributed by atoms with Gasteiger partial charge in [-0.1, -0.05) is 5.16 Å². The molecule has 1 aliphatic heterocycles. The normalized spacial score (nSPS) is 22.3. The molecule has 0 bridgehead atoms. The topological polar surface area (TPSA) is 90.3 Å². The van der Waals surface area contributed by atoms with E-state index in [0.29, 0.717) is 17.5 Å². The number of hydrogen-bond acceptors (Lipinski definition) is 8. The molecule has 8 nitrogen and oxygen atoms in total. The third kappa shape index (κ3) is 2.57. The lowest BCUT2D eigenvalue weighted by molar-refractivity contribution is -0.0821. The van der Waals surface area contributed by atoms with Crippen LogP contribution in [-0.2, 0) is 4.74 Å². The maximum atomic E-state index is 5.93. The van der Waals surface area contributed by atoms with Crippen molar-refractivity contribution >= 4 is 11.1 Å². The van der Waals surface area contributed by atoms with Gasteiger partial charge in [0.2, 0.25) is 11.8 Å². The molecule has 0 amide bonds. The van der Waals surface area contributed by atoms with E-state index < -0.39 is 0 Å². The van der Waals surface area contributed by atoms with Crippen LogP contribution >= 0.6 is 0 Å². The monoisotopic (exact) mass is 329 g/mol. The van der Waals surface area contributed by atoms with Crippen molar-refractivity contribution in [1.29, 1.82) is 0 Å². The first-order valence-corrected chi connectivity index (χ1v) is 7.92. The number of fused-ring (bicyclic) bond motifs is 1. The van der Waals surface area contributed by atoms with Gasteiger partial charge in [-0.25, -0.2) is 4.98 Å². The number of pyridine rings is 1. The molecular weight excluding hydrogens is 310 g/mol. The van der Waals surface area contributed by atoms with Crippen molar-refractivity contribution in [1.82, 2.24) is 25.2 Å². The quantitative estimate of drug-likeness (QED) is 0.707. The molecule has 0 aromatic carbocycles. The molecule has 126 valence electrons. The molecule has 1 aliphatic rings. The fourth-order valence-electron chi connectivity index (χ4n) is 3.16. The van der Waals surface area contributed by atoms with Crippen LogP contribution in [0.2, 0.25) is 0 Å². The van der Waals surface area contributed by atoms with Crippen molar-refractivity contribution in [2.45, 2.75) is 33.0 Å². The van der Waals surface area contributed by atoms with Gasteiger partial charge in [0.15, 0.2) is 0 Å². The van der Waals surface area contributed by atoms with Crippen LogP contribution in [0.25, 0.3) is 22.6 Å². The number of morpholine rings is 1. The summed E-state index contributed by atoms with van der Waals surface area (Å²) < 4.78 is 17.1. The predicted octanol–water partition coefficient (Wildman–Crippen LogP) is 2.28. The van der Waals surface area contributed by atoms with Gasteiger partial charge in [0, 0.05) is 18.8 Å². The molecule has 0 aliphatic carbocycles. The van der Waals surface area contributed by atoms with Gasteiger partial charge in [0.1, 0.15) is 6.10 Å². The first-order chi connectivity index (χ1) is 11.5. The minimum atomic E-state index is -0.220. The van der Waals surface area contributed by atoms with Crippen molar-refractivity contribution in [2.24, 2.45) is 0 Å². The van der Waals surface area contributed by atoms with Crippen molar-refractivity contribution in [3.8, 4) is 11.5 Å². The fourth-order valence-corrected chi connectivity index (χ4v) is 3.16. The lowest BCUT2D eigenvalue weighted by Gasteiger charge is -2.32. The van der Waals surface area contributed by atoms with E-state index in [1.807, 2.05) is 26.8 Å². The third-order valence-corrected chi connectivity index (χ3v) is 4.13. The Labute approximate surface area is 138 Å². The molecule has 24 heavy (non-hydrogen) atoms. The van der Waals surface area contributed by atoms with Gasteiger partial charge in [-0.05, 0) is 33.9 Å². The Bertz CT molecular complexity index is 877. The second kappa shape index (κ2) is 5.64. The van der Waals surface area contributed by atoms with E-state index in [2.05, 4.69) is 32.3 Å². The van der Waals surface area contributed by atoms with E-state index in [9.17, 15) is 0 Å². The number of aryl methyl sites for hydroxylation is 2. The van der Waals surface area contributed by atoms with Gasteiger partial charge in [-0.3, -0.25) is 0 Å². The summed E-state index contributed by atoms with van der Waals surface area (Å²) in [5.41, 5.74) is 2.81. The zero-order valence-electron chi connectivity index (χ0n) is 14.1. The summed E-state index contributed by atoms with van der Waals surface area (Å²) in [5.74, 6) is 0.913. The zero-order valence-corrected chi connectivity index (χ0v) is 14.1. The van der Waals surface area contributed by atoms with E-state index in [1.54, 1.807) is 0 Å². The van der Waals surface area contributed by atoms with Crippen LogP contribution in [0, 0.1) is 13.8 Å². The van der Waals surface area contributed by atoms with Crippen molar-refractivity contribution in [2.75, 3.05) is 20.1 Å². The molecule has 4 rings (SSSR count). The lowest BCUT2D eigenvalue weighted by Crippen LogP contribution is -2.40. The van der Waals surface area contributed by atoms with E-state index in [0.717, 1.165) is 35.4 Å². The Morgan fingerprint density at radius 1 is 1.21 bits per heavy atom. The zero-order chi connectivity index (χ0) is 16.8. The Morgan fingerprint density at radius 2 is 2.04 bits per heavy atom. The van der Waals surface area contributed by atoms with Crippen LogP contribution in [0.4, 0.5) is 0 Å². The van der Waals surface area contributed by atoms with Gasteiger partial charge in [-0.2, -0.15) is 0 Å². The smallest absolute Gasteiger partial charge is 0.258 e. The standard InChI is InChI=1S/C16H19N5O3/c1-8-5-11(13-10(3)20-24-16(13)17-8)14-18-19-15(23-14)12-7-21(4)6-9(2)22-12/h5,9,12H,6-7H2,1-4H3/t9-,12-/m1/s1. The van der Waals surface area contributed by atoms with E-state index >= 15 is 0 Å². The SMILES string of the molecule is Cc1cc(-c2nnc([C@H]3CN(C)C[C@@H](C)O3)o2)c2c(C)noc2n1. The average Bonchev–Trinajstić information content (AvgIpc) is 3.13. The van der Waals surface area contributed by atoms with Gasteiger partial charge >= 0.3 is 0 Å². The summed E-state index contributed by atoms with van der Waals surface area (Å²) in [6.45, 7) is 7.41. The predicted molar refractivity (Wildman–Crippen MR) is 85.4 cm³/mol. The highest BCUT2D eigenvalue weighted by Crippen LogP contribution is 2.32. The lowest BCUT2D eigenvalue weighted by atomic mass is 10.1. The number of rotatable bonds is 2. The van der Waals surface area contributed by atoms with E-state index in [4.69, 9.17) is 13.7 Å². The number of hydrogen-bond donors (Lipinski definition) is 0. The van der Waals surface area contributed by atoms with Crippen LogP contribution in [0.5, 0.6) is 0 Å². The molecule has 1 fully saturated rings. The van der Waals surface area contributed by atoms with Crippen LogP contribution in [0.3, 0.4) is 0 Å². The first-order valence-electron chi connectivity index (χ1n) is 7.92. The third-order valence-electron chi connectivity index (χ3n) is 4.13. The number of aromatic nitrogens is 4. The highest BCUT2D eigenvalue weighted by molar-refractivity contribution is 5.91. The summed E-state index contributed by atoms with van der Waals surface area (Å²) >= 11 is 0. The second-order valence-corrected chi connectivity index (χ2v) is 6.36. The molecule has 1 saturated heterocycles. The molecule has 3 aromatic heterocycles. The van der Waals surface area contributed by atoms with Crippen molar-refractivity contribution in [3.05, 3.63) is 23.3 Å². The minimum absolute atomic E-state index is 0.124. The first kappa shape index (κ1) is 15.2. The van der Waals surface area contributed by atoms with Crippen LogP contribution < -0.4 is 0 Å². The molecule has 2 atom stereocenters. The van der Waals surface area contributed by atoms with Gasteiger partial charge in [0.05, 0.1) is 22.7 Å². The molecule has 8 heteroatoms. The molecule has 0 N–H and O–H groups in total. The molecule has 0 unspecified atom stereocenters. The summed E-state index contributed by atoms with van der Waals surface area (Å²) in [6, 6.07) is 1.90. The second-order valence-electron chi connectivity index (χ2n) is 6.36. The Kier molecular flexibility index (Phi) is 3.58. The molecule has 3 aromatic rings. The Morgan fingerprint density at radius 3 is 2.83 bits per heavy atom. The molecular formula is C16H19N5O3. The maximum absolute atomic E-state index is 5.93. The largest absolute Gasteiger partial charge is 0.418 e. The summed E-state index contributed by atoms with van der Waals surface area (Å²) in [6.07, 6.45) is -0.0960. The van der Waals surface area contributed by atoms with Crippen LogP contribution in [-0.4, -0.2) is 51.5 Å². The molecule has 0 saturated carbocycles. The minimum Gasteiger partial charge on any atom is -0.418 e. The van der Waals surface area contributed by atoms with Crippen molar-refractivity contribution in [3.63, 3.8) is 0 Å². The highest BCUT2D eigenvalue weighted by atomic mass is 16.5. The van der Waals surface area contributed by atoms with Crippen molar-refractivity contribution < 1.29 is 13.7 Å². The average molecular weight is 329 g/mol. The highest BCUT2D eigenvalue weighted by Gasteiger charge is 2.29. The van der Waals surface area contributed by atoms with Gasteiger partial charge in [-0.15, -0.1) is 10.2 Å². The molecule has 0 spiro atoms. The fraction of sp³-hybridized carbons (Fsp3) is 0.500.